The van der Waals surface area contributed by atoms with Crippen molar-refractivity contribution in [2.75, 3.05) is 17.2 Å². The van der Waals surface area contributed by atoms with Crippen molar-refractivity contribution in [1.29, 1.82) is 0 Å². The van der Waals surface area contributed by atoms with E-state index in [1.807, 2.05) is 19.1 Å². The summed E-state index contributed by atoms with van der Waals surface area (Å²) in [6.45, 7) is 4.13. The van der Waals surface area contributed by atoms with Crippen molar-refractivity contribution >= 4 is 39.1 Å². The number of nitrogens with one attached hydrogen (secondary N) is 2. The maximum Gasteiger partial charge on any atom is 0.332 e. The monoisotopic (exact) mass is 351 g/mol. The molecule has 0 aliphatic heterocycles. The van der Waals surface area contributed by atoms with Gasteiger partial charge in [-0.05, 0) is 38.1 Å². The molecular formula is C13H14BrN5O2. The minimum Gasteiger partial charge on any atom is -0.354 e. The average Bonchev–Trinajstić information content (AvgIpc) is 2.41. The van der Waals surface area contributed by atoms with Gasteiger partial charge in [0.25, 0.3) is 0 Å². The summed E-state index contributed by atoms with van der Waals surface area (Å²) in [7, 11) is 0. The number of rotatable bonds is 5. The van der Waals surface area contributed by atoms with E-state index in [4.69, 9.17) is 0 Å². The Labute approximate surface area is 130 Å². The Balaban J connectivity index is 2.43. The topological polar surface area (TPSA) is 93.0 Å². The third-order valence-electron chi connectivity index (χ3n) is 2.68. The first-order chi connectivity index (χ1) is 10.0. The Morgan fingerprint density at radius 2 is 1.95 bits per heavy atom. The van der Waals surface area contributed by atoms with E-state index in [9.17, 15) is 10.1 Å². The molecule has 110 valence electrons. The van der Waals surface area contributed by atoms with Crippen LogP contribution in [0.15, 0.2) is 28.7 Å². The molecule has 0 fully saturated rings. The summed E-state index contributed by atoms with van der Waals surface area (Å²) in [6, 6.07) is 7.29. The van der Waals surface area contributed by atoms with Crippen molar-refractivity contribution in [3.8, 4) is 0 Å². The lowest BCUT2D eigenvalue weighted by Crippen LogP contribution is -2.09. The highest BCUT2D eigenvalue weighted by Gasteiger charge is 2.22. The highest BCUT2D eigenvalue weighted by Crippen LogP contribution is 2.29. The number of hydrogen-bond donors (Lipinski definition) is 2. The average molecular weight is 352 g/mol. The first-order valence-corrected chi connectivity index (χ1v) is 7.10. The number of nitro groups is 1. The molecule has 0 aliphatic carbocycles. The summed E-state index contributed by atoms with van der Waals surface area (Å²) >= 11 is 3.34. The van der Waals surface area contributed by atoms with Crippen molar-refractivity contribution in [3.05, 3.63) is 44.5 Å². The van der Waals surface area contributed by atoms with Crippen molar-refractivity contribution < 1.29 is 4.92 Å². The summed E-state index contributed by atoms with van der Waals surface area (Å²) in [5, 5.41) is 17.1. The minimum atomic E-state index is -0.480. The van der Waals surface area contributed by atoms with Crippen LogP contribution in [-0.4, -0.2) is 21.4 Å². The van der Waals surface area contributed by atoms with Crippen LogP contribution in [0.25, 0.3) is 0 Å². The van der Waals surface area contributed by atoms with Gasteiger partial charge in [0.05, 0.1) is 4.92 Å². The molecule has 0 atom stereocenters. The second kappa shape index (κ2) is 6.49. The van der Waals surface area contributed by atoms with Gasteiger partial charge >= 0.3 is 5.69 Å². The van der Waals surface area contributed by atoms with Gasteiger partial charge in [0.1, 0.15) is 5.69 Å². The van der Waals surface area contributed by atoms with E-state index < -0.39 is 4.92 Å². The van der Waals surface area contributed by atoms with E-state index in [0.29, 0.717) is 23.9 Å². The van der Waals surface area contributed by atoms with Gasteiger partial charge in [-0.2, -0.15) is 4.98 Å². The fourth-order valence-corrected chi connectivity index (χ4v) is 2.04. The molecule has 0 bridgehead atoms. The van der Waals surface area contributed by atoms with E-state index in [2.05, 4.69) is 36.5 Å². The van der Waals surface area contributed by atoms with E-state index >= 15 is 0 Å². The molecule has 8 heteroatoms. The zero-order valence-corrected chi connectivity index (χ0v) is 13.1. The van der Waals surface area contributed by atoms with Crippen molar-refractivity contribution in [2.24, 2.45) is 0 Å². The van der Waals surface area contributed by atoms with E-state index in [0.717, 1.165) is 4.47 Å². The van der Waals surface area contributed by atoms with Gasteiger partial charge in [0.15, 0.2) is 0 Å². The van der Waals surface area contributed by atoms with Gasteiger partial charge in [-0.3, -0.25) is 10.1 Å². The third-order valence-corrected chi connectivity index (χ3v) is 3.21. The van der Waals surface area contributed by atoms with Gasteiger partial charge in [-0.15, -0.1) is 0 Å². The van der Waals surface area contributed by atoms with Gasteiger partial charge in [-0.1, -0.05) is 15.9 Å². The van der Waals surface area contributed by atoms with Crippen molar-refractivity contribution in [3.63, 3.8) is 0 Å². The molecule has 0 unspecified atom stereocenters. The molecule has 1 aromatic carbocycles. The highest BCUT2D eigenvalue weighted by molar-refractivity contribution is 9.10. The van der Waals surface area contributed by atoms with Gasteiger partial charge in [-0.25, -0.2) is 4.98 Å². The Bertz CT molecular complexity index is 660. The van der Waals surface area contributed by atoms with Gasteiger partial charge in [0.2, 0.25) is 11.8 Å². The predicted octanol–water partition coefficient (Wildman–Crippen LogP) is 3.63. The number of halogens is 1. The number of aryl methyl sites for hydroxylation is 1. The van der Waals surface area contributed by atoms with Crippen LogP contribution in [-0.2, 0) is 0 Å². The Morgan fingerprint density at radius 1 is 1.29 bits per heavy atom. The molecule has 0 saturated carbocycles. The smallest absolute Gasteiger partial charge is 0.332 e. The molecule has 21 heavy (non-hydrogen) atoms. The standard InChI is InChI=1S/C13H14BrN5O2/c1-3-15-13-16-8(2)11(19(20)21)12(18-13)17-10-6-4-9(14)5-7-10/h4-7H,3H2,1-2H3,(H2,15,16,17,18). The maximum absolute atomic E-state index is 11.2. The Morgan fingerprint density at radius 3 is 2.52 bits per heavy atom. The van der Waals surface area contributed by atoms with Crippen LogP contribution in [0.4, 0.5) is 23.1 Å². The van der Waals surface area contributed by atoms with Crippen LogP contribution in [0, 0.1) is 17.0 Å². The normalized spacial score (nSPS) is 10.2. The second-order valence-electron chi connectivity index (χ2n) is 4.25. The van der Waals surface area contributed by atoms with Gasteiger partial charge in [0, 0.05) is 16.7 Å². The summed E-state index contributed by atoms with van der Waals surface area (Å²) in [5.74, 6) is 0.533. The molecule has 2 N–H and O–H groups in total. The van der Waals surface area contributed by atoms with Crippen LogP contribution in [0.1, 0.15) is 12.6 Å². The lowest BCUT2D eigenvalue weighted by molar-refractivity contribution is -0.385. The number of aromatic nitrogens is 2. The van der Waals surface area contributed by atoms with Crippen molar-refractivity contribution in [1.82, 2.24) is 9.97 Å². The molecule has 7 nitrogen and oxygen atoms in total. The molecule has 2 rings (SSSR count). The lowest BCUT2D eigenvalue weighted by Gasteiger charge is -2.10. The fraction of sp³-hybridized carbons (Fsp3) is 0.231. The first-order valence-electron chi connectivity index (χ1n) is 6.30. The van der Waals surface area contributed by atoms with E-state index in [1.165, 1.54) is 0 Å². The number of benzene rings is 1. The summed E-state index contributed by atoms with van der Waals surface area (Å²) in [4.78, 5) is 19.0. The van der Waals surface area contributed by atoms with E-state index in [1.54, 1.807) is 19.1 Å². The van der Waals surface area contributed by atoms with Gasteiger partial charge < -0.3 is 10.6 Å². The van der Waals surface area contributed by atoms with Crippen LogP contribution >= 0.6 is 15.9 Å². The summed E-state index contributed by atoms with van der Waals surface area (Å²) in [5.41, 5.74) is 0.895. The molecule has 0 amide bonds. The molecule has 2 aromatic rings. The molecule has 0 saturated heterocycles. The van der Waals surface area contributed by atoms with Crippen LogP contribution in [0.2, 0.25) is 0 Å². The second-order valence-corrected chi connectivity index (χ2v) is 5.16. The molecule has 1 aromatic heterocycles. The number of anilines is 3. The Kier molecular flexibility index (Phi) is 4.69. The fourth-order valence-electron chi connectivity index (χ4n) is 1.78. The molecule has 0 spiro atoms. The maximum atomic E-state index is 11.2. The summed E-state index contributed by atoms with van der Waals surface area (Å²) in [6.07, 6.45) is 0. The molecule has 1 heterocycles. The third kappa shape index (κ3) is 3.66. The molecular weight excluding hydrogens is 338 g/mol. The number of nitrogens with zero attached hydrogens (tertiary/aromatic N) is 3. The van der Waals surface area contributed by atoms with E-state index in [-0.39, 0.29) is 11.5 Å². The number of hydrogen-bond acceptors (Lipinski definition) is 6. The molecule has 0 aliphatic rings. The predicted molar refractivity (Wildman–Crippen MR) is 85.0 cm³/mol. The largest absolute Gasteiger partial charge is 0.354 e. The Hall–Kier alpha value is -2.22. The zero-order chi connectivity index (χ0) is 15.4. The lowest BCUT2D eigenvalue weighted by atomic mass is 10.3. The summed E-state index contributed by atoms with van der Waals surface area (Å²) < 4.78 is 0.926. The van der Waals surface area contributed by atoms with Crippen LogP contribution in [0.3, 0.4) is 0 Å². The molecule has 0 radical (unpaired) electrons. The minimum absolute atomic E-state index is 0.125. The highest BCUT2D eigenvalue weighted by atomic mass is 79.9. The SMILES string of the molecule is CCNc1nc(C)c([N+](=O)[O-])c(Nc2ccc(Br)cc2)n1. The van der Waals surface area contributed by atoms with Crippen LogP contribution < -0.4 is 10.6 Å². The quantitative estimate of drug-likeness (QED) is 0.631. The van der Waals surface area contributed by atoms with Crippen LogP contribution in [0.5, 0.6) is 0 Å². The zero-order valence-electron chi connectivity index (χ0n) is 11.6. The van der Waals surface area contributed by atoms with Crippen molar-refractivity contribution in [2.45, 2.75) is 13.8 Å². The first kappa shape index (κ1) is 15.2.